The summed E-state index contributed by atoms with van der Waals surface area (Å²) in [6.45, 7) is 4.01. The summed E-state index contributed by atoms with van der Waals surface area (Å²) in [5.74, 6) is 0.455. The van der Waals surface area contributed by atoms with Crippen LogP contribution in [0, 0.1) is 0 Å². The Labute approximate surface area is 168 Å². The summed E-state index contributed by atoms with van der Waals surface area (Å²) >= 11 is 3.30. The van der Waals surface area contributed by atoms with E-state index in [9.17, 15) is 9.59 Å². The molecule has 3 rings (SSSR count). The van der Waals surface area contributed by atoms with Crippen LogP contribution in [-0.2, 0) is 16.0 Å². The number of carbonyl (C=O) groups is 2. The lowest BCUT2D eigenvalue weighted by atomic mass is 9.98. The van der Waals surface area contributed by atoms with Gasteiger partial charge in [-0.05, 0) is 30.4 Å². The van der Waals surface area contributed by atoms with E-state index < -0.39 is 0 Å². The fraction of sp³-hybridized carbons (Fsp3) is 0.450. The van der Waals surface area contributed by atoms with Crippen molar-refractivity contribution in [2.24, 2.45) is 0 Å². The van der Waals surface area contributed by atoms with Crippen molar-refractivity contribution >= 4 is 40.6 Å². The van der Waals surface area contributed by atoms with Gasteiger partial charge in [0.25, 0.3) is 0 Å². The Morgan fingerprint density at radius 2 is 2.30 bits per heavy atom. The summed E-state index contributed by atoms with van der Waals surface area (Å²) in [6, 6.07) is 3.99. The van der Waals surface area contributed by atoms with Gasteiger partial charge < -0.3 is 10.2 Å². The minimum atomic E-state index is 0.0718. The number of hydrogen-bond donors (Lipinski definition) is 1. The second kappa shape index (κ2) is 9.80. The number of thiazole rings is 1. The van der Waals surface area contributed by atoms with E-state index in [1.165, 1.54) is 0 Å². The van der Waals surface area contributed by atoms with Gasteiger partial charge in [0.05, 0.1) is 10.7 Å². The number of amides is 2. The van der Waals surface area contributed by atoms with Crippen LogP contribution in [0.3, 0.4) is 0 Å². The number of carbonyl (C=O) groups excluding carboxylic acids is 2. The zero-order valence-electron chi connectivity index (χ0n) is 15.5. The van der Waals surface area contributed by atoms with Crippen LogP contribution in [0.25, 0.3) is 6.08 Å². The van der Waals surface area contributed by atoms with E-state index in [1.807, 2.05) is 35.4 Å². The molecule has 0 aliphatic carbocycles. The summed E-state index contributed by atoms with van der Waals surface area (Å²) in [5, 5.41) is 8.07. The number of nitrogens with zero attached hydrogens (tertiary/aromatic N) is 2. The third-order valence-corrected chi connectivity index (χ3v) is 6.50. The van der Waals surface area contributed by atoms with E-state index in [0.29, 0.717) is 18.9 Å². The van der Waals surface area contributed by atoms with E-state index in [4.69, 9.17) is 4.98 Å². The molecule has 1 N–H and O–H groups in total. The molecule has 3 heterocycles. The van der Waals surface area contributed by atoms with Gasteiger partial charge in [0.1, 0.15) is 0 Å². The van der Waals surface area contributed by atoms with Gasteiger partial charge in [-0.25, -0.2) is 4.98 Å². The summed E-state index contributed by atoms with van der Waals surface area (Å²) in [4.78, 5) is 31.6. The maximum absolute atomic E-state index is 12.5. The largest absolute Gasteiger partial charge is 0.356 e. The summed E-state index contributed by atoms with van der Waals surface area (Å²) < 4.78 is 0. The monoisotopic (exact) mass is 403 g/mol. The van der Waals surface area contributed by atoms with Crippen LogP contribution in [0.4, 0.5) is 0 Å². The average molecular weight is 404 g/mol. The van der Waals surface area contributed by atoms with Crippen LogP contribution in [-0.4, -0.2) is 41.3 Å². The molecule has 0 saturated carbocycles. The molecule has 0 radical (unpaired) electrons. The number of likely N-dealkylation sites (tertiary alicyclic amines) is 1. The highest BCUT2D eigenvalue weighted by Crippen LogP contribution is 2.29. The number of piperidine rings is 1. The molecule has 0 bridgehead atoms. The Morgan fingerprint density at radius 3 is 3.07 bits per heavy atom. The third-order valence-electron chi connectivity index (χ3n) is 4.61. The van der Waals surface area contributed by atoms with Crippen LogP contribution in [0.5, 0.6) is 0 Å². The Bertz CT molecular complexity index is 783. The second-order valence-corrected chi connectivity index (χ2v) is 8.47. The zero-order valence-corrected chi connectivity index (χ0v) is 17.2. The van der Waals surface area contributed by atoms with Gasteiger partial charge in [-0.2, -0.15) is 0 Å². The molecular formula is C20H25N3O2S2. The summed E-state index contributed by atoms with van der Waals surface area (Å²) in [7, 11) is 0. The number of rotatable bonds is 7. The van der Waals surface area contributed by atoms with Gasteiger partial charge in [0.15, 0.2) is 0 Å². The van der Waals surface area contributed by atoms with Gasteiger partial charge in [0.2, 0.25) is 11.8 Å². The minimum Gasteiger partial charge on any atom is -0.356 e. The Hall–Kier alpha value is -1.99. The first-order valence-corrected chi connectivity index (χ1v) is 11.1. The SMILES string of the molecule is CCC(=O)NCCc1csc(C2CCCN(C(=O)/C=C/c3cccs3)C2)n1. The molecule has 1 unspecified atom stereocenters. The van der Waals surface area contributed by atoms with Crippen molar-refractivity contribution in [3.8, 4) is 0 Å². The van der Waals surface area contributed by atoms with Gasteiger partial charge >= 0.3 is 0 Å². The van der Waals surface area contributed by atoms with Gasteiger partial charge in [-0.15, -0.1) is 22.7 Å². The fourth-order valence-electron chi connectivity index (χ4n) is 3.10. The predicted octanol–water partition coefficient (Wildman–Crippen LogP) is 3.69. The smallest absolute Gasteiger partial charge is 0.246 e. The van der Waals surface area contributed by atoms with E-state index in [0.717, 1.165) is 47.9 Å². The molecule has 2 amide bonds. The lowest BCUT2D eigenvalue weighted by Crippen LogP contribution is -2.38. The summed E-state index contributed by atoms with van der Waals surface area (Å²) in [5.41, 5.74) is 1.02. The highest BCUT2D eigenvalue weighted by atomic mass is 32.1. The minimum absolute atomic E-state index is 0.0718. The molecule has 7 heteroatoms. The normalized spacial score (nSPS) is 17.4. The molecule has 27 heavy (non-hydrogen) atoms. The fourth-order valence-corrected chi connectivity index (χ4v) is 4.70. The van der Waals surface area contributed by atoms with Gasteiger partial charge in [0, 0.05) is 54.7 Å². The van der Waals surface area contributed by atoms with E-state index in [-0.39, 0.29) is 11.8 Å². The number of nitrogens with one attached hydrogen (secondary N) is 1. The lowest BCUT2D eigenvalue weighted by molar-refractivity contribution is -0.127. The molecule has 0 spiro atoms. The molecule has 1 aliphatic rings. The molecule has 0 aromatic carbocycles. The number of thiophene rings is 1. The topological polar surface area (TPSA) is 62.3 Å². The van der Waals surface area contributed by atoms with Crippen molar-refractivity contribution in [3.63, 3.8) is 0 Å². The Morgan fingerprint density at radius 1 is 1.41 bits per heavy atom. The van der Waals surface area contributed by atoms with Crippen molar-refractivity contribution in [3.05, 3.63) is 44.5 Å². The first-order chi connectivity index (χ1) is 13.2. The molecule has 2 aromatic heterocycles. The molecule has 1 fully saturated rings. The molecule has 1 saturated heterocycles. The van der Waals surface area contributed by atoms with Crippen molar-refractivity contribution in [1.82, 2.24) is 15.2 Å². The molecule has 1 aliphatic heterocycles. The van der Waals surface area contributed by atoms with Crippen molar-refractivity contribution in [1.29, 1.82) is 0 Å². The first kappa shape index (κ1) is 19.8. The first-order valence-electron chi connectivity index (χ1n) is 9.37. The number of hydrogen-bond acceptors (Lipinski definition) is 5. The maximum Gasteiger partial charge on any atom is 0.246 e. The average Bonchev–Trinajstić information content (AvgIpc) is 3.38. The zero-order chi connectivity index (χ0) is 19.1. The second-order valence-electron chi connectivity index (χ2n) is 6.60. The Balaban J connectivity index is 1.53. The summed E-state index contributed by atoms with van der Waals surface area (Å²) in [6.07, 6.45) is 6.90. The van der Waals surface area contributed by atoms with Crippen LogP contribution in [0.2, 0.25) is 0 Å². The van der Waals surface area contributed by atoms with Crippen LogP contribution < -0.4 is 5.32 Å². The van der Waals surface area contributed by atoms with Crippen LogP contribution in [0.15, 0.2) is 29.0 Å². The van der Waals surface area contributed by atoms with Crippen LogP contribution in [0.1, 0.15) is 47.7 Å². The van der Waals surface area contributed by atoms with Crippen LogP contribution >= 0.6 is 22.7 Å². The van der Waals surface area contributed by atoms with Crippen molar-refractivity contribution in [2.45, 2.75) is 38.5 Å². The highest BCUT2D eigenvalue weighted by Gasteiger charge is 2.25. The van der Waals surface area contributed by atoms with Gasteiger partial charge in [-0.3, -0.25) is 9.59 Å². The molecule has 1 atom stereocenters. The quantitative estimate of drug-likeness (QED) is 0.717. The standard InChI is InChI=1S/C20H25N3O2S2/c1-2-18(24)21-10-9-16-14-27-20(22-16)15-5-3-11-23(13-15)19(25)8-7-17-6-4-12-26-17/h4,6-8,12,14-15H,2-3,5,9-11,13H2,1H3,(H,21,24)/b8-7+. The number of aromatic nitrogens is 1. The highest BCUT2D eigenvalue weighted by molar-refractivity contribution is 7.10. The molecule has 5 nitrogen and oxygen atoms in total. The van der Waals surface area contributed by atoms with E-state index in [2.05, 4.69) is 10.7 Å². The molecule has 2 aromatic rings. The van der Waals surface area contributed by atoms with Crippen molar-refractivity contribution < 1.29 is 9.59 Å². The third kappa shape index (κ3) is 5.74. The van der Waals surface area contributed by atoms with E-state index in [1.54, 1.807) is 28.7 Å². The van der Waals surface area contributed by atoms with E-state index >= 15 is 0 Å². The molecular weight excluding hydrogens is 378 g/mol. The van der Waals surface area contributed by atoms with Gasteiger partial charge in [-0.1, -0.05) is 13.0 Å². The maximum atomic E-state index is 12.5. The van der Waals surface area contributed by atoms with Crippen molar-refractivity contribution in [2.75, 3.05) is 19.6 Å². The lowest BCUT2D eigenvalue weighted by Gasteiger charge is -2.31. The Kier molecular flexibility index (Phi) is 7.18. The predicted molar refractivity (Wildman–Crippen MR) is 111 cm³/mol. The molecule has 144 valence electrons.